The maximum absolute atomic E-state index is 13.2. The highest BCUT2D eigenvalue weighted by atomic mass is 32.2. The van der Waals surface area contributed by atoms with Gasteiger partial charge in [0, 0.05) is 29.9 Å². The van der Waals surface area contributed by atoms with E-state index >= 15 is 0 Å². The van der Waals surface area contributed by atoms with E-state index in [0.29, 0.717) is 29.5 Å². The first-order valence-corrected chi connectivity index (χ1v) is 13.1. The average Bonchev–Trinajstić information content (AvgIpc) is 3.17. The fourth-order valence-corrected chi connectivity index (χ4v) is 5.64. The van der Waals surface area contributed by atoms with Crippen LogP contribution in [0.3, 0.4) is 0 Å². The lowest BCUT2D eigenvalue weighted by Crippen LogP contribution is -2.42. The first-order valence-electron chi connectivity index (χ1n) is 11.7. The van der Waals surface area contributed by atoms with Gasteiger partial charge < -0.3 is 15.1 Å². The fourth-order valence-electron chi connectivity index (χ4n) is 4.17. The van der Waals surface area contributed by atoms with E-state index < -0.39 is 21.5 Å². The molecule has 0 unspecified atom stereocenters. The van der Waals surface area contributed by atoms with Crippen LogP contribution in [0.25, 0.3) is 11.0 Å². The summed E-state index contributed by atoms with van der Waals surface area (Å²) in [6, 6.07) is 13.9. The molecular weight excluding hydrogens is 466 g/mol. The van der Waals surface area contributed by atoms with Crippen molar-refractivity contribution < 1.29 is 22.4 Å². The molecule has 0 saturated carbocycles. The zero-order valence-corrected chi connectivity index (χ0v) is 21.2. The first-order chi connectivity index (χ1) is 16.5. The van der Waals surface area contributed by atoms with Gasteiger partial charge in [0.2, 0.25) is 21.7 Å². The normalized spacial score (nSPS) is 15.8. The van der Waals surface area contributed by atoms with Gasteiger partial charge >= 0.3 is 0 Å². The molecular formula is C26H31N3O5S. The van der Waals surface area contributed by atoms with E-state index in [1.54, 1.807) is 42.5 Å². The largest absolute Gasteiger partial charge is 0.449 e. The molecule has 0 spiro atoms. The molecule has 0 aliphatic carbocycles. The van der Waals surface area contributed by atoms with Crippen molar-refractivity contribution in [1.82, 2.24) is 9.62 Å². The predicted octanol–water partition coefficient (Wildman–Crippen LogP) is 4.31. The molecule has 1 aliphatic heterocycles. The Labute approximate surface area is 205 Å². The Morgan fingerprint density at radius 3 is 2.26 bits per heavy atom. The van der Waals surface area contributed by atoms with Gasteiger partial charge in [0.1, 0.15) is 11.3 Å². The Hall–Kier alpha value is -3.17. The van der Waals surface area contributed by atoms with E-state index in [0.717, 1.165) is 5.56 Å². The Bertz CT molecular complexity index is 1350. The molecule has 0 radical (unpaired) electrons. The van der Waals surface area contributed by atoms with Crippen molar-refractivity contribution in [3.8, 4) is 0 Å². The monoisotopic (exact) mass is 497 g/mol. The maximum Gasteiger partial charge on any atom is 0.289 e. The fraction of sp³-hybridized carbons (Fsp3) is 0.385. The molecule has 3 aromatic rings. The van der Waals surface area contributed by atoms with Crippen LogP contribution in [0.4, 0.5) is 5.69 Å². The van der Waals surface area contributed by atoms with Crippen LogP contribution in [0.1, 0.15) is 49.7 Å². The average molecular weight is 498 g/mol. The Balaban J connectivity index is 1.49. The van der Waals surface area contributed by atoms with E-state index in [1.807, 2.05) is 33.8 Å². The summed E-state index contributed by atoms with van der Waals surface area (Å²) in [5, 5.41) is 6.41. The summed E-state index contributed by atoms with van der Waals surface area (Å²) >= 11 is 0. The number of amides is 2. The number of carbonyl (C=O) groups excluding carboxylic acids is 2. The van der Waals surface area contributed by atoms with Crippen molar-refractivity contribution in [2.75, 3.05) is 18.4 Å². The van der Waals surface area contributed by atoms with Gasteiger partial charge in [-0.15, -0.1) is 0 Å². The summed E-state index contributed by atoms with van der Waals surface area (Å²) in [4.78, 5) is 26.3. The molecule has 2 heterocycles. The Morgan fingerprint density at radius 1 is 1.00 bits per heavy atom. The Kier molecular flexibility index (Phi) is 6.75. The third-order valence-corrected chi connectivity index (χ3v) is 7.93. The van der Waals surface area contributed by atoms with Gasteiger partial charge in [0.15, 0.2) is 0 Å². The molecule has 186 valence electrons. The van der Waals surface area contributed by atoms with Gasteiger partial charge in [-0.1, -0.05) is 29.8 Å². The van der Waals surface area contributed by atoms with Crippen molar-refractivity contribution >= 4 is 38.5 Å². The second-order valence-corrected chi connectivity index (χ2v) is 11.9. The number of nitrogens with one attached hydrogen (secondary N) is 2. The number of aryl methyl sites for hydroxylation is 1. The molecule has 2 N–H and O–H groups in total. The second kappa shape index (κ2) is 9.47. The van der Waals surface area contributed by atoms with Crippen LogP contribution in [-0.4, -0.2) is 43.2 Å². The van der Waals surface area contributed by atoms with Crippen LogP contribution in [0.5, 0.6) is 0 Å². The number of nitrogens with zero attached hydrogens (tertiary/aromatic N) is 1. The molecule has 2 aromatic carbocycles. The number of hydrogen-bond acceptors (Lipinski definition) is 5. The van der Waals surface area contributed by atoms with Gasteiger partial charge in [-0.05, 0) is 64.8 Å². The number of hydrogen-bond donors (Lipinski definition) is 2. The summed E-state index contributed by atoms with van der Waals surface area (Å²) in [6.07, 6.45) is 0.770. The van der Waals surface area contributed by atoms with Gasteiger partial charge in [-0.3, -0.25) is 9.59 Å². The van der Waals surface area contributed by atoms with Crippen LogP contribution in [0.15, 0.2) is 57.8 Å². The van der Waals surface area contributed by atoms with Gasteiger partial charge in [0.05, 0.1) is 4.90 Å². The minimum Gasteiger partial charge on any atom is -0.449 e. The standard InChI is InChI=1S/C26H31N3O5S/c1-17-9-11-19(12-10-17)35(32,33)29-15-13-18(14-16-29)24(30)27-22-20-7-5-6-8-21(20)34-23(22)25(31)28-26(2,3)4/h5-12,18H,13-16H2,1-4H3,(H,27,30)(H,28,31). The quantitative estimate of drug-likeness (QED) is 0.546. The van der Waals surface area contributed by atoms with Gasteiger partial charge in [-0.2, -0.15) is 4.31 Å². The lowest BCUT2D eigenvalue weighted by atomic mass is 9.97. The minimum atomic E-state index is -3.61. The number of para-hydroxylation sites is 1. The summed E-state index contributed by atoms with van der Waals surface area (Å²) in [5.41, 5.74) is 1.34. The molecule has 4 rings (SSSR count). The lowest BCUT2D eigenvalue weighted by Gasteiger charge is -2.30. The molecule has 1 saturated heterocycles. The molecule has 9 heteroatoms. The SMILES string of the molecule is Cc1ccc(S(=O)(=O)N2CCC(C(=O)Nc3c(C(=O)NC(C)(C)C)oc4ccccc34)CC2)cc1. The van der Waals surface area contributed by atoms with Crippen molar-refractivity contribution in [1.29, 1.82) is 0 Å². The van der Waals surface area contributed by atoms with Crippen molar-refractivity contribution in [3.05, 3.63) is 59.9 Å². The van der Waals surface area contributed by atoms with Crippen LogP contribution >= 0.6 is 0 Å². The third-order valence-electron chi connectivity index (χ3n) is 6.02. The zero-order chi connectivity index (χ0) is 25.4. The molecule has 0 bridgehead atoms. The van der Waals surface area contributed by atoms with Crippen molar-refractivity contribution in [2.45, 2.75) is 51.0 Å². The van der Waals surface area contributed by atoms with Gasteiger partial charge in [0.25, 0.3) is 5.91 Å². The van der Waals surface area contributed by atoms with E-state index in [1.165, 1.54) is 4.31 Å². The number of rotatable bonds is 5. The maximum atomic E-state index is 13.2. The number of anilines is 1. The summed E-state index contributed by atoms with van der Waals surface area (Å²) in [6.45, 7) is 8.00. The molecule has 2 amide bonds. The van der Waals surface area contributed by atoms with Crippen LogP contribution < -0.4 is 10.6 Å². The van der Waals surface area contributed by atoms with Crippen molar-refractivity contribution in [2.24, 2.45) is 5.92 Å². The highest BCUT2D eigenvalue weighted by molar-refractivity contribution is 7.89. The zero-order valence-electron chi connectivity index (χ0n) is 20.4. The van der Waals surface area contributed by atoms with Crippen LogP contribution in [0.2, 0.25) is 0 Å². The number of sulfonamides is 1. The molecule has 1 fully saturated rings. The molecule has 0 atom stereocenters. The van der Waals surface area contributed by atoms with E-state index in [9.17, 15) is 18.0 Å². The predicted molar refractivity (Wildman–Crippen MR) is 135 cm³/mol. The van der Waals surface area contributed by atoms with Gasteiger partial charge in [-0.25, -0.2) is 8.42 Å². The van der Waals surface area contributed by atoms with Crippen LogP contribution in [0, 0.1) is 12.8 Å². The molecule has 8 nitrogen and oxygen atoms in total. The van der Waals surface area contributed by atoms with E-state index in [4.69, 9.17) is 4.42 Å². The summed E-state index contributed by atoms with van der Waals surface area (Å²) < 4.78 is 33.2. The number of carbonyl (C=O) groups is 2. The number of benzene rings is 2. The number of furan rings is 1. The lowest BCUT2D eigenvalue weighted by molar-refractivity contribution is -0.120. The summed E-state index contributed by atoms with van der Waals surface area (Å²) in [7, 11) is -3.61. The third kappa shape index (κ3) is 5.41. The number of piperidine rings is 1. The first kappa shape index (κ1) is 24.9. The molecule has 35 heavy (non-hydrogen) atoms. The smallest absolute Gasteiger partial charge is 0.289 e. The highest BCUT2D eigenvalue weighted by Gasteiger charge is 2.33. The highest BCUT2D eigenvalue weighted by Crippen LogP contribution is 2.33. The van der Waals surface area contributed by atoms with E-state index in [2.05, 4.69) is 10.6 Å². The second-order valence-electron chi connectivity index (χ2n) is 9.99. The minimum absolute atomic E-state index is 0.0499. The Morgan fingerprint density at radius 2 is 1.63 bits per heavy atom. The van der Waals surface area contributed by atoms with Crippen LogP contribution in [-0.2, 0) is 14.8 Å². The topological polar surface area (TPSA) is 109 Å². The molecule has 1 aromatic heterocycles. The van der Waals surface area contributed by atoms with E-state index in [-0.39, 0.29) is 35.6 Å². The number of fused-ring (bicyclic) bond motifs is 1. The molecule has 1 aliphatic rings. The van der Waals surface area contributed by atoms with Crippen molar-refractivity contribution in [3.63, 3.8) is 0 Å². The summed E-state index contributed by atoms with van der Waals surface area (Å²) in [5.74, 6) is -1.00.